The summed E-state index contributed by atoms with van der Waals surface area (Å²) in [6, 6.07) is 0.536. The van der Waals surface area contributed by atoms with Crippen molar-refractivity contribution in [1.29, 1.82) is 0 Å². The Bertz CT molecular complexity index is 421. The van der Waals surface area contributed by atoms with Gasteiger partial charge in [-0.15, -0.1) is 0 Å². The van der Waals surface area contributed by atoms with E-state index in [2.05, 4.69) is 28.0 Å². The fourth-order valence-corrected chi connectivity index (χ4v) is 3.21. The second-order valence-corrected chi connectivity index (χ2v) is 5.91. The first-order chi connectivity index (χ1) is 9.80. The second-order valence-electron chi connectivity index (χ2n) is 5.91. The summed E-state index contributed by atoms with van der Waals surface area (Å²) in [7, 11) is 0. The Kier molecular flexibility index (Phi) is 4.38. The Hall–Kier alpha value is -0.910. The van der Waals surface area contributed by atoms with Crippen molar-refractivity contribution in [3.63, 3.8) is 0 Å². The van der Waals surface area contributed by atoms with Gasteiger partial charge < -0.3 is 19.4 Å². The normalized spacial score (nSPS) is 25.9. The zero-order valence-corrected chi connectivity index (χ0v) is 12.3. The predicted octanol–water partition coefficient (Wildman–Crippen LogP) is 1.72. The van der Waals surface area contributed by atoms with Gasteiger partial charge in [-0.05, 0) is 32.6 Å². The third-order valence-corrected chi connectivity index (χ3v) is 4.52. The lowest BCUT2D eigenvalue weighted by atomic mass is 9.84. The van der Waals surface area contributed by atoms with E-state index in [0.717, 1.165) is 64.3 Å². The molecule has 20 heavy (non-hydrogen) atoms. The Morgan fingerprint density at radius 2 is 2.25 bits per heavy atom. The molecule has 1 spiro atoms. The van der Waals surface area contributed by atoms with Gasteiger partial charge in [-0.1, -0.05) is 0 Å². The minimum absolute atomic E-state index is 0.0664. The average Bonchev–Trinajstić information content (AvgIpc) is 2.94. The van der Waals surface area contributed by atoms with Crippen LogP contribution in [0.15, 0.2) is 12.5 Å². The zero-order chi connectivity index (χ0) is 13.8. The smallest absolute Gasteiger partial charge is 0.0949 e. The highest BCUT2D eigenvalue weighted by Crippen LogP contribution is 2.34. The number of aryl methyl sites for hydroxylation is 1. The molecule has 2 aliphatic heterocycles. The Labute approximate surface area is 120 Å². The van der Waals surface area contributed by atoms with E-state index in [-0.39, 0.29) is 5.60 Å². The number of aromatic nitrogens is 2. The van der Waals surface area contributed by atoms with Crippen LogP contribution in [0, 0.1) is 0 Å². The second kappa shape index (κ2) is 6.24. The van der Waals surface area contributed by atoms with E-state index in [1.54, 1.807) is 0 Å². The van der Waals surface area contributed by atoms with Crippen LogP contribution in [-0.4, -0.2) is 41.0 Å². The molecule has 1 atom stereocenters. The SMILES string of the molecule is CCn1cnc(CNC2CCOC3(CCOCC3)C2)c1. The molecule has 2 aliphatic rings. The number of hydrogen-bond donors (Lipinski definition) is 1. The highest BCUT2D eigenvalue weighted by Gasteiger charge is 2.38. The van der Waals surface area contributed by atoms with Gasteiger partial charge in [-0.3, -0.25) is 0 Å². The summed E-state index contributed by atoms with van der Waals surface area (Å²) in [6.07, 6.45) is 8.30. The first-order valence-electron chi connectivity index (χ1n) is 7.75. The molecule has 0 amide bonds. The largest absolute Gasteiger partial charge is 0.381 e. The molecule has 0 aliphatic carbocycles. The summed E-state index contributed by atoms with van der Waals surface area (Å²) in [5, 5.41) is 3.65. The Balaban J connectivity index is 1.52. The van der Waals surface area contributed by atoms with Crippen molar-refractivity contribution in [3.05, 3.63) is 18.2 Å². The van der Waals surface area contributed by atoms with Crippen LogP contribution >= 0.6 is 0 Å². The molecule has 1 aromatic rings. The van der Waals surface area contributed by atoms with E-state index >= 15 is 0 Å². The number of nitrogens with zero attached hydrogens (tertiary/aromatic N) is 2. The van der Waals surface area contributed by atoms with Crippen LogP contribution in [0.4, 0.5) is 0 Å². The molecule has 0 bridgehead atoms. The van der Waals surface area contributed by atoms with E-state index in [1.807, 2.05) is 6.33 Å². The van der Waals surface area contributed by atoms with Crippen molar-refractivity contribution in [3.8, 4) is 0 Å². The molecule has 5 heteroatoms. The summed E-state index contributed by atoms with van der Waals surface area (Å²) in [5.74, 6) is 0. The van der Waals surface area contributed by atoms with Gasteiger partial charge in [0.2, 0.25) is 0 Å². The fourth-order valence-electron chi connectivity index (χ4n) is 3.21. The molecule has 1 N–H and O–H groups in total. The average molecular weight is 279 g/mol. The summed E-state index contributed by atoms with van der Waals surface area (Å²) in [6.45, 7) is 6.51. The van der Waals surface area contributed by atoms with Gasteiger partial charge >= 0.3 is 0 Å². The van der Waals surface area contributed by atoms with E-state index in [0.29, 0.717) is 6.04 Å². The van der Waals surface area contributed by atoms with Crippen molar-refractivity contribution in [2.45, 2.75) is 57.3 Å². The van der Waals surface area contributed by atoms with E-state index < -0.39 is 0 Å². The Morgan fingerprint density at radius 1 is 1.40 bits per heavy atom. The van der Waals surface area contributed by atoms with Crippen molar-refractivity contribution >= 4 is 0 Å². The van der Waals surface area contributed by atoms with E-state index in [9.17, 15) is 0 Å². The molecule has 0 saturated carbocycles. The number of imidazole rings is 1. The molecular formula is C15H25N3O2. The summed E-state index contributed by atoms with van der Waals surface area (Å²) < 4.78 is 13.6. The molecule has 112 valence electrons. The van der Waals surface area contributed by atoms with Crippen molar-refractivity contribution in [1.82, 2.24) is 14.9 Å². The van der Waals surface area contributed by atoms with Crippen LogP contribution < -0.4 is 5.32 Å². The molecule has 0 aromatic carbocycles. The standard InChI is InChI=1S/C15H25N3O2/c1-2-18-11-14(17-12-18)10-16-13-3-6-20-15(9-13)4-7-19-8-5-15/h11-13,16H,2-10H2,1H3. The monoisotopic (exact) mass is 279 g/mol. The number of nitrogens with one attached hydrogen (secondary N) is 1. The van der Waals surface area contributed by atoms with Crippen LogP contribution in [0.3, 0.4) is 0 Å². The van der Waals surface area contributed by atoms with Gasteiger partial charge in [0.25, 0.3) is 0 Å². The molecule has 2 fully saturated rings. The first kappa shape index (κ1) is 14.0. The van der Waals surface area contributed by atoms with Gasteiger partial charge in [0.1, 0.15) is 0 Å². The van der Waals surface area contributed by atoms with E-state index in [1.165, 1.54) is 0 Å². The van der Waals surface area contributed by atoms with Crippen molar-refractivity contribution in [2.75, 3.05) is 19.8 Å². The van der Waals surface area contributed by atoms with Gasteiger partial charge in [-0.25, -0.2) is 4.98 Å². The lowest BCUT2D eigenvalue weighted by molar-refractivity contribution is -0.140. The predicted molar refractivity (Wildman–Crippen MR) is 76.5 cm³/mol. The maximum Gasteiger partial charge on any atom is 0.0949 e. The molecule has 2 saturated heterocycles. The lowest BCUT2D eigenvalue weighted by Gasteiger charge is -2.43. The molecule has 1 unspecified atom stereocenters. The van der Waals surface area contributed by atoms with Crippen molar-refractivity contribution < 1.29 is 9.47 Å². The Morgan fingerprint density at radius 3 is 3.00 bits per heavy atom. The minimum atomic E-state index is 0.0664. The first-order valence-corrected chi connectivity index (χ1v) is 7.75. The topological polar surface area (TPSA) is 48.3 Å². The maximum absolute atomic E-state index is 6.07. The third-order valence-electron chi connectivity index (χ3n) is 4.52. The van der Waals surface area contributed by atoms with Crippen LogP contribution in [0.2, 0.25) is 0 Å². The van der Waals surface area contributed by atoms with Crippen LogP contribution in [0.1, 0.15) is 38.3 Å². The summed E-state index contributed by atoms with van der Waals surface area (Å²) in [5.41, 5.74) is 1.19. The lowest BCUT2D eigenvalue weighted by Crippen LogP contribution is -2.49. The van der Waals surface area contributed by atoms with Gasteiger partial charge in [0, 0.05) is 45.1 Å². The molecule has 3 rings (SSSR count). The van der Waals surface area contributed by atoms with E-state index in [4.69, 9.17) is 9.47 Å². The number of hydrogen-bond acceptors (Lipinski definition) is 4. The quantitative estimate of drug-likeness (QED) is 0.911. The highest BCUT2D eigenvalue weighted by molar-refractivity contribution is 4.98. The number of ether oxygens (including phenoxy) is 2. The van der Waals surface area contributed by atoms with Gasteiger partial charge in [0.05, 0.1) is 17.6 Å². The molecule has 1 aromatic heterocycles. The minimum Gasteiger partial charge on any atom is -0.381 e. The third kappa shape index (κ3) is 3.22. The maximum atomic E-state index is 6.07. The summed E-state index contributed by atoms with van der Waals surface area (Å²) >= 11 is 0. The zero-order valence-electron chi connectivity index (χ0n) is 12.3. The van der Waals surface area contributed by atoms with Crippen LogP contribution in [-0.2, 0) is 22.6 Å². The fraction of sp³-hybridized carbons (Fsp3) is 0.800. The van der Waals surface area contributed by atoms with Gasteiger partial charge in [0.15, 0.2) is 0 Å². The van der Waals surface area contributed by atoms with Crippen molar-refractivity contribution in [2.24, 2.45) is 0 Å². The molecular weight excluding hydrogens is 254 g/mol. The molecule has 5 nitrogen and oxygen atoms in total. The molecule has 3 heterocycles. The van der Waals surface area contributed by atoms with Crippen LogP contribution in [0.5, 0.6) is 0 Å². The summed E-state index contributed by atoms with van der Waals surface area (Å²) in [4.78, 5) is 4.42. The highest BCUT2D eigenvalue weighted by atomic mass is 16.5. The van der Waals surface area contributed by atoms with Crippen LogP contribution in [0.25, 0.3) is 0 Å². The molecule has 0 radical (unpaired) electrons. The van der Waals surface area contributed by atoms with Gasteiger partial charge in [-0.2, -0.15) is 0 Å². The number of rotatable bonds is 4.